The monoisotopic (exact) mass is 367 g/mol. The van der Waals surface area contributed by atoms with Gasteiger partial charge in [0, 0.05) is 6.54 Å². The minimum Gasteiger partial charge on any atom is -0.493 e. The molecule has 3 rings (SSSR count). The third kappa shape index (κ3) is 4.65. The van der Waals surface area contributed by atoms with E-state index in [1.54, 1.807) is 13.2 Å². The molecule has 0 radical (unpaired) electrons. The Balaban J connectivity index is 1.66. The summed E-state index contributed by atoms with van der Waals surface area (Å²) in [5, 5.41) is 3.90. The summed E-state index contributed by atoms with van der Waals surface area (Å²) in [6, 6.07) is 13.2. The highest BCUT2D eigenvalue weighted by Crippen LogP contribution is 2.29. The van der Waals surface area contributed by atoms with Crippen LogP contribution in [0.15, 0.2) is 47.3 Å². The Labute approximate surface area is 158 Å². The van der Waals surface area contributed by atoms with Crippen LogP contribution in [0.1, 0.15) is 31.7 Å². The standard InChI is InChI=1S/C21H25N3O3/c1-4-14(2)27-18-10-9-15(11-19(18)26-3)12-22-13-20-23-17-8-6-5-7-16(17)21(25)24-20/h5-11,14,22H,4,12-13H2,1-3H3,(H,23,24,25). The van der Waals surface area contributed by atoms with Crippen molar-refractivity contribution >= 4 is 10.9 Å². The van der Waals surface area contributed by atoms with E-state index >= 15 is 0 Å². The van der Waals surface area contributed by atoms with E-state index < -0.39 is 0 Å². The van der Waals surface area contributed by atoms with Gasteiger partial charge in [-0.15, -0.1) is 0 Å². The van der Waals surface area contributed by atoms with Crippen molar-refractivity contribution in [2.45, 2.75) is 39.5 Å². The number of H-pyrrole nitrogens is 1. The van der Waals surface area contributed by atoms with E-state index in [0.29, 0.717) is 35.6 Å². The van der Waals surface area contributed by atoms with Gasteiger partial charge in [0.15, 0.2) is 11.5 Å². The van der Waals surface area contributed by atoms with E-state index in [-0.39, 0.29) is 11.7 Å². The summed E-state index contributed by atoms with van der Waals surface area (Å²) in [6.45, 7) is 5.21. The van der Waals surface area contributed by atoms with Gasteiger partial charge in [0.05, 0.1) is 30.7 Å². The van der Waals surface area contributed by atoms with Crippen molar-refractivity contribution in [3.8, 4) is 11.5 Å². The van der Waals surface area contributed by atoms with Crippen LogP contribution in [0.3, 0.4) is 0 Å². The summed E-state index contributed by atoms with van der Waals surface area (Å²) in [7, 11) is 1.64. The zero-order valence-electron chi connectivity index (χ0n) is 15.9. The summed E-state index contributed by atoms with van der Waals surface area (Å²) >= 11 is 0. The Morgan fingerprint density at radius 3 is 2.74 bits per heavy atom. The average molecular weight is 367 g/mol. The molecular formula is C21H25N3O3. The largest absolute Gasteiger partial charge is 0.493 e. The van der Waals surface area contributed by atoms with Crippen molar-refractivity contribution in [2.75, 3.05) is 7.11 Å². The number of para-hydroxylation sites is 1. The van der Waals surface area contributed by atoms with Crippen molar-refractivity contribution in [2.24, 2.45) is 0 Å². The SMILES string of the molecule is CCC(C)Oc1ccc(CNCc2nc3ccccc3c(=O)[nH]2)cc1OC. The quantitative estimate of drug-likeness (QED) is 0.638. The summed E-state index contributed by atoms with van der Waals surface area (Å²) < 4.78 is 11.3. The molecule has 0 saturated heterocycles. The van der Waals surface area contributed by atoms with Crippen LogP contribution in [0, 0.1) is 0 Å². The minimum atomic E-state index is -0.120. The maximum atomic E-state index is 12.1. The lowest BCUT2D eigenvalue weighted by atomic mass is 10.2. The smallest absolute Gasteiger partial charge is 0.258 e. The van der Waals surface area contributed by atoms with Crippen LogP contribution in [0.2, 0.25) is 0 Å². The number of ether oxygens (including phenoxy) is 2. The van der Waals surface area contributed by atoms with Gasteiger partial charge in [-0.1, -0.05) is 25.1 Å². The van der Waals surface area contributed by atoms with Gasteiger partial charge >= 0.3 is 0 Å². The molecule has 0 bridgehead atoms. The zero-order valence-corrected chi connectivity index (χ0v) is 15.9. The van der Waals surface area contributed by atoms with Crippen LogP contribution in [0.5, 0.6) is 11.5 Å². The number of aromatic amines is 1. The topological polar surface area (TPSA) is 76.2 Å². The molecule has 1 unspecified atom stereocenters. The molecule has 0 aliphatic heterocycles. The first-order valence-corrected chi connectivity index (χ1v) is 9.13. The molecule has 1 aromatic heterocycles. The van der Waals surface area contributed by atoms with Gasteiger partial charge in [0.2, 0.25) is 0 Å². The molecule has 3 aromatic rings. The van der Waals surface area contributed by atoms with Gasteiger partial charge in [-0.05, 0) is 43.2 Å². The van der Waals surface area contributed by atoms with Crippen molar-refractivity contribution in [1.82, 2.24) is 15.3 Å². The van der Waals surface area contributed by atoms with E-state index in [0.717, 1.165) is 17.7 Å². The second kappa shape index (κ2) is 8.68. The number of nitrogens with one attached hydrogen (secondary N) is 2. The third-order valence-corrected chi connectivity index (χ3v) is 4.41. The average Bonchev–Trinajstić information content (AvgIpc) is 2.69. The second-order valence-electron chi connectivity index (χ2n) is 6.46. The Morgan fingerprint density at radius 1 is 1.15 bits per heavy atom. The first-order chi connectivity index (χ1) is 13.1. The Kier molecular flexibility index (Phi) is 6.08. The number of hydrogen-bond acceptors (Lipinski definition) is 5. The summed E-state index contributed by atoms with van der Waals surface area (Å²) in [4.78, 5) is 19.4. The lowest BCUT2D eigenvalue weighted by molar-refractivity contribution is 0.207. The molecule has 6 nitrogen and oxygen atoms in total. The number of fused-ring (bicyclic) bond motifs is 1. The number of benzene rings is 2. The van der Waals surface area contributed by atoms with E-state index in [9.17, 15) is 4.79 Å². The molecule has 1 heterocycles. The van der Waals surface area contributed by atoms with Gasteiger partial charge in [0.1, 0.15) is 5.82 Å². The summed E-state index contributed by atoms with van der Waals surface area (Å²) in [6.07, 6.45) is 1.07. The molecule has 0 aliphatic carbocycles. The van der Waals surface area contributed by atoms with E-state index in [1.165, 1.54) is 0 Å². The molecule has 0 fully saturated rings. The first-order valence-electron chi connectivity index (χ1n) is 9.13. The van der Waals surface area contributed by atoms with Crippen molar-refractivity contribution < 1.29 is 9.47 Å². The molecule has 1 atom stereocenters. The number of nitrogens with zero attached hydrogens (tertiary/aromatic N) is 1. The maximum Gasteiger partial charge on any atom is 0.258 e. The highest BCUT2D eigenvalue weighted by Gasteiger charge is 2.09. The normalized spacial score (nSPS) is 12.1. The van der Waals surface area contributed by atoms with Crippen LogP contribution >= 0.6 is 0 Å². The van der Waals surface area contributed by atoms with Gasteiger partial charge in [-0.2, -0.15) is 0 Å². The Morgan fingerprint density at radius 2 is 1.96 bits per heavy atom. The predicted octanol–water partition coefficient (Wildman–Crippen LogP) is 3.40. The van der Waals surface area contributed by atoms with Crippen LogP contribution in [-0.4, -0.2) is 23.2 Å². The Bertz CT molecular complexity index is 968. The van der Waals surface area contributed by atoms with Crippen molar-refractivity contribution in [3.63, 3.8) is 0 Å². The number of aromatic nitrogens is 2. The van der Waals surface area contributed by atoms with Crippen molar-refractivity contribution in [3.05, 3.63) is 64.2 Å². The molecule has 2 aromatic carbocycles. The van der Waals surface area contributed by atoms with Crippen molar-refractivity contribution in [1.29, 1.82) is 0 Å². The zero-order chi connectivity index (χ0) is 19.2. The fraction of sp³-hybridized carbons (Fsp3) is 0.333. The lowest BCUT2D eigenvalue weighted by Crippen LogP contribution is -2.19. The number of hydrogen-bond donors (Lipinski definition) is 2. The highest BCUT2D eigenvalue weighted by atomic mass is 16.5. The second-order valence-corrected chi connectivity index (χ2v) is 6.46. The maximum absolute atomic E-state index is 12.1. The molecular weight excluding hydrogens is 342 g/mol. The molecule has 6 heteroatoms. The predicted molar refractivity (Wildman–Crippen MR) is 106 cm³/mol. The van der Waals surface area contributed by atoms with E-state index in [2.05, 4.69) is 22.2 Å². The first kappa shape index (κ1) is 18.9. The summed E-state index contributed by atoms with van der Waals surface area (Å²) in [5.41, 5.74) is 1.64. The van der Waals surface area contributed by atoms with Gasteiger partial charge in [0.25, 0.3) is 5.56 Å². The van der Waals surface area contributed by atoms with Gasteiger partial charge < -0.3 is 19.8 Å². The van der Waals surface area contributed by atoms with Crippen LogP contribution in [0.4, 0.5) is 0 Å². The number of rotatable bonds is 8. The molecule has 27 heavy (non-hydrogen) atoms. The van der Waals surface area contributed by atoms with Gasteiger partial charge in [-0.3, -0.25) is 4.79 Å². The molecule has 0 saturated carbocycles. The lowest BCUT2D eigenvalue weighted by Gasteiger charge is -2.16. The third-order valence-electron chi connectivity index (χ3n) is 4.41. The molecule has 0 spiro atoms. The summed E-state index contributed by atoms with van der Waals surface area (Å²) in [5.74, 6) is 2.07. The van der Waals surface area contributed by atoms with Gasteiger partial charge in [-0.25, -0.2) is 4.98 Å². The number of methoxy groups -OCH3 is 1. The van der Waals surface area contributed by atoms with Crippen LogP contribution in [-0.2, 0) is 13.1 Å². The fourth-order valence-corrected chi connectivity index (χ4v) is 2.76. The molecule has 0 aliphatic rings. The Hall–Kier alpha value is -2.86. The highest BCUT2D eigenvalue weighted by molar-refractivity contribution is 5.77. The minimum absolute atomic E-state index is 0.120. The van der Waals surface area contributed by atoms with Crippen LogP contribution in [0.25, 0.3) is 10.9 Å². The van der Waals surface area contributed by atoms with E-state index in [4.69, 9.17) is 9.47 Å². The molecule has 0 amide bonds. The molecule has 142 valence electrons. The van der Waals surface area contributed by atoms with Crippen LogP contribution < -0.4 is 20.3 Å². The van der Waals surface area contributed by atoms with E-state index in [1.807, 2.05) is 43.3 Å². The fourth-order valence-electron chi connectivity index (χ4n) is 2.76. The molecule has 2 N–H and O–H groups in total.